The van der Waals surface area contributed by atoms with Gasteiger partial charge in [0.2, 0.25) is 0 Å². The first kappa shape index (κ1) is 12.4. The molecule has 18 heavy (non-hydrogen) atoms. The minimum absolute atomic E-state index is 0.598. The van der Waals surface area contributed by atoms with E-state index in [9.17, 15) is 0 Å². The lowest BCUT2D eigenvalue weighted by molar-refractivity contribution is 0.214. The summed E-state index contributed by atoms with van der Waals surface area (Å²) in [6, 6.07) is 4.03. The maximum Gasteiger partial charge on any atom is 0.129 e. The molecule has 0 spiro atoms. The molecule has 3 atom stereocenters. The van der Waals surface area contributed by atoms with Crippen molar-refractivity contribution in [3.63, 3.8) is 0 Å². The van der Waals surface area contributed by atoms with Crippen LogP contribution in [0.25, 0.3) is 0 Å². The quantitative estimate of drug-likeness (QED) is 0.773. The monoisotopic (exact) mass is 264 g/mol. The van der Waals surface area contributed by atoms with Gasteiger partial charge in [-0.05, 0) is 61.8 Å². The third kappa shape index (κ3) is 2.70. The van der Waals surface area contributed by atoms with Gasteiger partial charge >= 0.3 is 0 Å². The van der Waals surface area contributed by atoms with Crippen molar-refractivity contribution < 1.29 is 0 Å². The zero-order valence-electron chi connectivity index (χ0n) is 11.0. The predicted molar refractivity (Wildman–Crippen MR) is 74.5 cm³/mol. The lowest BCUT2D eigenvalue weighted by Gasteiger charge is -2.27. The first-order valence-corrected chi connectivity index (χ1v) is 7.37. The Bertz CT molecular complexity index is 421. The van der Waals surface area contributed by atoms with E-state index in [-0.39, 0.29) is 0 Å². The maximum absolute atomic E-state index is 5.92. The van der Waals surface area contributed by atoms with E-state index < -0.39 is 0 Å². The molecule has 98 valence electrons. The molecular weight excluding hydrogens is 244 g/mol. The van der Waals surface area contributed by atoms with Crippen LogP contribution in [-0.4, -0.2) is 23.5 Å². The molecule has 2 bridgehead atoms. The number of halogens is 1. The standard InChI is InChI=1S/C15H21ClN2/c1-18(9-12-4-5-17-15(16)8-12)10-14-7-11-2-3-13(14)6-11/h4-5,8,11,13-14H,2-3,6-7,9-10H2,1H3. The van der Waals surface area contributed by atoms with Crippen LogP contribution in [-0.2, 0) is 6.54 Å². The number of fused-ring (bicyclic) bond motifs is 2. The van der Waals surface area contributed by atoms with Crippen molar-refractivity contribution in [2.45, 2.75) is 32.2 Å². The molecule has 3 heteroatoms. The van der Waals surface area contributed by atoms with Crippen molar-refractivity contribution in [2.24, 2.45) is 17.8 Å². The van der Waals surface area contributed by atoms with Crippen LogP contribution in [0.5, 0.6) is 0 Å². The highest BCUT2D eigenvalue weighted by atomic mass is 35.5. The molecule has 0 amide bonds. The van der Waals surface area contributed by atoms with E-state index in [0.717, 1.165) is 24.3 Å². The third-order valence-electron chi connectivity index (χ3n) is 4.67. The Balaban J connectivity index is 1.54. The van der Waals surface area contributed by atoms with Gasteiger partial charge in [-0.25, -0.2) is 4.98 Å². The Labute approximate surface area is 114 Å². The van der Waals surface area contributed by atoms with E-state index in [1.54, 1.807) is 6.20 Å². The summed E-state index contributed by atoms with van der Waals surface area (Å²) in [6.07, 6.45) is 7.73. The molecule has 1 heterocycles. The Kier molecular flexibility index (Phi) is 3.58. The topological polar surface area (TPSA) is 16.1 Å². The first-order chi connectivity index (χ1) is 8.70. The fraction of sp³-hybridized carbons (Fsp3) is 0.667. The summed E-state index contributed by atoms with van der Waals surface area (Å²) in [4.78, 5) is 6.47. The number of aromatic nitrogens is 1. The molecule has 2 fully saturated rings. The van der Waals surface area contributed by atoms with Crippen LogP contribution in [0.15, 0.2) is 18.3 Å². The zero-order valence-corrected chi connectivity index (χ0v) is 11.7. The summed E-state index contributed by atoms with van der Waals surface area (Å²) in [5.41, 5.74) is 1.26. The smallest absolute Gasteiger partial charge is 0.129 e. The fourth-order valence-corrected chi connectivity index (χ4v) is 4.11. The average molecular weight is 265 g/mol. The molecule has 2 aliphatic rings. The number of hydrogen-bond acceptors (Lipinski definition) is 2. The Hall–Kier alpha value is -0.600. The van der Waals surface area contributed by atoms with Crippen molar-refractivity contribution in [2.75, 3.05) is 13.6 Å². The van der Waals surface area contributed by atoms with Crippen LogP contribution in [0.1, 0.15) is 31.2 Å². The summed E-state index contributed by atoms with van der Waals surface area (Å²) in [6.45, 7) is 2.22. The molecule has 2 aliphatic carbocycles. The van der Waals surface area contributed by atoms with Crippen molar-refractivity contribution in [1.29, 1.82) is 0 Å². The lowest BCUT2D eigenvalue weighted by Crippen LogP contribution is -2.28. The van der Waals surface area contributed by atoms with E-state index in [0.29, 0.717) is 5.15 Å². The van der Waals surface area contributed by atoms with Gasteiger partial charge in [0, 0.05) is 19.3 Å². The van der Waals surface area contributed by atoms with Gasteiger partial charge in [-0.3, -0.25) is 0 Å². The second-order valence-corrected chi connectivity index (χ2v) is 6.51. The molecule has 0 N–H and O–H groups in total. The van der Waals surface area contributed by atoms with Gasteiger partial charge in [0.05, 0.1) is 0 Å². The summed E-state index contributed by atoms with van der Waals surface area (Å²) in [5, 5.41) is 0.598. The highest BCUT2D eigenvalue weighted by Crippen LogP contribution is 2.48. The summed E-state index contributed by atoms with van der Waals surface area (Å²) < 4.78 is 0. The summed E-state index contributed by atoms with van der Waals surface area (Å²) >= 11 is 5.92. The minimum atomic E-state index is 0.598. The van der Waals surface area contributed by atoms with Gasteiger partial charge in [0.1, 0.15) is 5.15 Å². The number of hydrogen-bond donors (Lipinski definition) is 0. The minimum Gasteiger partial charge on any atom is -0.302 e. The number of pyridine rings is 1. The number of nitrogens with zero attached hydrogens (tertiary/aromatic N) is 2. The molecule has 0 aliphatic heterocycles. The van der Waals surface area contributed by atoms with Gasteiger partial charge in [-0.15, -0.1) is 0 Å². The molecule has 0 aromatic carbocycles. The van der Waals surface area contributed by atoms with E-state index in [1.165, 1.54) is 37.8 Å². The van der Waals surface area contributed by atoms with E-state index in [2.05, 4.69) is 23.0 Å². The molecule has 1 aromatic rings. The van der Waals surface area contributed by atoms with Gasteiger partial charge in [0.25, 0.3) is 0 Å². The molecule has 1 aromatic heterocycles. The second kappa shape index (κ2) is 5.18. The van der Waals surface area contributed by atoms with Crippen LogP contribution in [0, 0.1) is 17.8 Å². The Morgan fingerprint density at radius 2 is 2.28 bits per heavy atom. The molecule has 0 radical (unpaired) electrons. The largest absolute Gasteiger partial charge is 0.302 e. The van der Waals surface area contributed by atoms with Gasteiger partial charge < -0.3 is 4.90 Å². The van der Waals surface area contributed by atoms with Crippen LogP contribution in [0.2, 0.25) is 5.15 Å². The van der Waals surface area contributed by atoms with E-state index in [1.807, 2.05) is 6.07 Å². The van der Waals surface area contributed by atoms with Crippen molar-refractivity contribution in [3.05, 3.63) is 29.0 Å². The van der Waals surface area contributed by atoms with Gasteiger partial charge in [0.15, 0.2) is 0 Å². The van der Waals surface area contributed by atoms with Crippen molar-refractivity contribution >= 4 is 11.6 Å². The highest BCUT2D eigenvalue weighted by molar-refractivity contribution is 6.29. The molecular formula is C15H21ClN2. The second-order valence-electron chi connectivity index (χ2n) is 6.12. The lowest BCUT2D eigenvalue weighted by atomic mass is 9.88. The Morgan fingerprint density at radius 1 is 1.39 bits per heavy atom. The average Bonchev–Trinajstić information content (AvgIpc) is 2.90. The summed E-state index contributed by atoms with van der Waals surface area (Å²) in [7, 11) is 2.22. The van der Waals surface area contributed by atoms with Crippen LogP contribution in [0.4, 0.5) is 0 Å². The molecule has 2 nitrogen and oxygen atoms in total. The van der Waals surface area contributed by atoms with E-state index in [4.69, 9.17) is 11.6 Å². The van der Waals surface area contributed by atoms with Crippen molar-refractivity contribution in [1.82, 2.24) is 9.88 Å². The molecule has 3 rings (SSSR count). The third-order valence-corrected chi connectivity index (χ3v) is 4.88. The molecule has 3 unspecified atom stereocenters. The predicted octanol–water partition coefficient (Wildman–Crippen LogP) is 3.60. The van der Waals surface area contributed by atoms with Gasteiger partial charge in [-0.1, -0.05) is 18.0 Å². The summed E-state index contributed by atoms with van der Waals surface area (Å²) in [5.74, 6) is 2.99. The SMILES string of the molecule is CN(Cc1ccnc(Cl)c1)CC1CC2CCC1C2. The van der Waals surface area contributed by atoms with Crippen LogP contribution >= 0.6 is 11.6 Å². The zero-order chi connectivity index (χ0) is 12.5. The first-order valence-electron chi connectivity index (χ1n) is 6.99. The fourth-order valence-electron chi connectivity index (χ4n) is 3.92. The highest BCUT2D eigenvalue weighted by Gasteiger charge is 2.39. The van der Waals surface area contributed by atoms with Crippen molar-refractivity contribution in [3.8, 4) is 0 Å². The Morgan fingerprint density at radius 3 is 2.94 bits per heavy atom. The molecule has 2 saturated carbocycles. The van der Waals surface area contributed by atoms with Crippen LogP contribution < -0.4 is 0 Å². The number of rotatable bonds is 4. The maximum atomic E-state index is 5.92. The molecule has 0 saturated heterocycles. The normalized spacial score (nSPS) is 30.3. The van der Waals surface area contributed by atoms with Gasteiger partial charge in [-0.2, -0.15) is 0 Å². The van der Waals surface area contributed by atoms with E-state index >= 15 is 0 Å². The van der Waals surface area contributed by atoms with Crippen LogP contribution in [0.3, 0.4) is 0 Å².